The SMILES string of the molecule is C=C1CN2C(=O)[C@](CCO[Si](C)(C)C(C)(C)C)(C(=O)OC)[C@]3(C)[C@H]2C[C@H]1[C@]12C=C[C@@]4(OC(=O)CC[C@H]4[C@@H]13)O2. The smallest absolute Gasteiger partial charge is 0.322 e. The molecule has 0 N–H and O–H groups in total. The lowest BCUT2D eigenvalue weighted by Crippen LogP contribution is -2.67. The average Bonchev–Trinajstić information content (AvgIpc) is 3.40. The largest absolute Gasteiger partial charge is 0.468 e. The van der Waals surface area contributed by atoms with E-state index in [2.05, 4.69) is 53.4 Å². The lowest BCUT2D eigenvalue weighted by molar-refractivity contribution is -0.232. The van der Waals surface area contributed by atoms with Gasteiger partial charge in [0.05, 0.1) is 7.11 Å². The minimum Gasteiger partial charge on any atom is -0.468 e. The summed E-state index contributed by atoms with van der Waals surface area (Å²) in [6.07, 6.45) is 5.73. The quantitative estimate of drug-likeness (QED) is 0.224. The van der Waals surface area contributed by atoms with Gasteiger partial charge in [-0.2, -0.15) is 0 Å². The fraction of sp³-hybridized carbons (Fsp3) is 0.759. The molecule has 1 aliphatic carbocycles. The number of carbonyl (C=O) groups is 3. The topological polar surface area (TPSA) is 91.4 Å². The Bertz CT molecular complexity index is 1170. The third-order valence-electron chi connectivity index (χ3n) is 11.7. The van der Waals surface area contributed by atoms with Crippen molar-refractivity contribution in [2.75, 3.05) is 20.3 Å². The van der Waals surface area contributed by atoms with Crippen LogP contribution in [0.3, 0.4) is 0 Å². The van der Waals surface area contributed by atoms with E-state index in [1.807, 2.05) is 11.0 Å². The number of methoxy groups -OCH3 is 1. The molecule has 1 saturated carbocycles. The Morgan fingerprint density at radius 1 is 1.26 bits per heavy atom. The van der Waals surface area contributed by atoms with Crippen LogP contribution in [-0.2, 0) is 33.0 Å². The number of nitrogens with zero attached hydrogens (tertiary/aromatic N) is 1. The molecule has 8 atom stereocenters. The Labute approximate surface area is 226 Å². The lowest BCUT2D eigenvalue weighted by atomic mass is 9.42. The van der Waals surface area contributed by atoms with Gasteiger partial charge in [0.25, 0.3) is 0 Å². The van der Waals surface area contributed by atoms with Gasteiger partial charge in [-0.3, -0.25) is 14.4 Å². The van der Waals surface area contributed by atoms with E-state index < -0.39 is 36.5 Å². The second kappa shape index (κ2) is 7.60. The van der Waals surface area contributed by atoms with Crippen molar-refractivity contribution in [2.24, 2.45) is 28.6 Å². The maximum atomic E-state index is 14.6. The van der Waals surface area contributed by atoms with Crippen LogP contribution in [0.4, 0.5) is 0 Å². The van der Waals surface area contributed by atoms with Crippen LogP contribution in [0, 0.1) is 28.6 Å². The summed E-state index contributed by atoms with van der Waals surface area (Å²) in [7, 11) is -0.766. The highest BCUT2D eigenvalue weighted by Gasteiger charge is 2.85. The Morgan fingerprint density at radius 3 is 2.63 bits per heavy atom. The molecule has 4 bridgehead atoms. The van der Waals surface area contributed by atoms with Crippen LogP contribution in [0.25, 0.3) is 0 Å². The highest BCUT2D eigenvalue weighted by molar-refractivity contribution is 6.74. The van der Waals surface area contributed by atoms with Crippen LogP contribution in [0.2, 0.25) is 18.1 Å². The minimum atomic E-state index is -2.14. The first-order valence-corrected chi connectivity index (χ1v) is 16.9. The highest BCUT2D eigenvalue weighted by atomic mass is 28.4. The first-order valence-electron chi connectivity index (χ1n) is 13.9. The summed E-state index contributed by atoms with van der Waals surface area (Å²) in [5, 5.41) is -0.00600. The van der Waals surface area contributed by atoms with Gasteiger partial charge in [-0.1, -0.05) is 39.8 Å². The van der Waals surface area contributed by atoms with Gasteiger partial charge in [-0.25, -0.2) is 0 Å². The molecular weight excluding hydrogens is 502 g/mol. The summed E-state index contributed by atoms with van der Waals surface area (Å²) in [6, 6.07) is -0.167. The van der Waals surface area contributed by atoms with Gasteiger partial charge >= 0.3 is 11.9 Å². The number of ether oxygens (including phenoxy) is 3. The average molecular weight is 544 g/mol. The number of amides is 1. The maximum absolute atomic E-state index is 14.6. The fourth-order valence-electron chi connectivity index (χ4n) is 8.90. The van der Waals surface area contributed by atoms with Crippen molar-refractivity contribution in [1.29, 1.82) is 0 Å². The molecule has 9 heteroatoms. The van der Waals surface area contributed by atoms with Crippen LogP contribution in [0.15, 0.2) is 24.3 Å². The second-order valence-electron chi connectivity index (χ2n) is 14.0. The Balaban J connectivity index is 1.50. The van der Waals surface area contributed by atoms with Crippen molar-refractivity contribution in [3.05, 3.63) is 24.3 Å². The molecule has 0 unspecified atom stereocenters. The zero-order valence-electron chi connectivity index (χ0n) is 23.7. The van der Waals surface area contributed by atoms with Crippen molar-refractivity contribution in [3.8, 4) is 0 Å². The monoisotopic (exact) mass is 543 g/mol. The van der Waals surface area contributed by atoms with Crippen molar-refractivity contribution < 1.29 is 33.0 Å². The predicted octanol–water partition coefficient (Wildman–Crippen LogP) is 3.97. The Hall–Kier alpha value is -1.97. The second-order valence-corrected chi connectivity index (χ2v) is 18.9. The number of carbonyl (C=O) groups excluding carboxylic acids is 3. The van der Waals surface area contributed by atoms with E-state index in [0.29, 0.717) is 32.4 Å². The molecule has 0 aromatic carbocycles. The number of piperidine rings is 1. The zero-order valence-corrected chi connectivity index (χ0v) is 24.7. The number of rotatable bonds is 5. The predicted molar refractivity (Wildman–Crippen MR) is 141 cm³/mol. The van der Waals surface area contributed by atoms with Crippen molar-refractivity contribution in [1.82, 2.24) is 4.90 Å². The third-order valence-corrected chi connectivity index (χ3v) is 16.2. The summed E-state index contributed by atoms with van der Waals surface area (Å²) < 4.78 is 24.8. The van der Waals surface area contributed by atoms with Crippen molar-refractivity contribution in [2.45, 2.75) is 88.9 Å². The molecule has 5 aliphatic heterocycles. The van der Waals surface area contributed by atoms with Gasteiger partial charge in [0.1, 0.15) is 5.60 Å². The summed E-state index contributed by atoms with van der Waals surface area (Å²) >= 11 is 0. The van der Waals surface area contributed by atoms with Crippen LogP contribution in [0.5, 0.6) is 0 Å². The lowest BCUT2D eigenvalue weighted by Gasteiger charge is -2.61. The first-order chi connectivity index (χ1) is 17.6. The zero-order chi connectivity index (χ0) is 27.7. The molecule has 0 aromatic rings. The number of esters is 2. The van der Waals surface area contributed by atoms with Gasteiger partial charge < -0.3 is 23.5 Å². The number of hydrogen-bond acceptors (Lipinski definition) is 7. The fourth-order valence-corrected chi connectivity index (χ4v) is 9.95. The molecule has 38 heavy (non-hydrogen) atoms. The molecule has 8 nitrogen and oxygen atoms in total. The van der Waals surface area contributed by atoms with Crippen molar-refractivity contribution in [3.63, 3.8) is 0 Å². The summed E-state index contributed by atoms with van der Waals surface area (Å²) in [6.45, 7) is 18.1. The van der Waals surface area contributed by atoms with Gasteiger partial charge in [0.2, 0.25) is 11.7 Å². The molecule has 0 aromatic heterocycles. The Kier molecular flexibility index (Phi) is 5.26. The minimum absolute atomic E-state index is 0.00600. The molecule has 208 valence electrons. The highest BCUT2D eigenvalue weighted by Crippen LogP contribution is 2.76. The number of hydrogen-bond donors (Lipinski definition) is 0. The van der Waals surface area contributed by atoms with Crippen LogP contribution >= 0.6 is 0 Å². The van der Waals surface area contributed by atoms with E-state index in [1.54, 1.807) is 0 Å². The van der Waals surface area contributed by atoms with E-state index in [1.165, 1.54) is 7.11 Å². The molecular formula is C29H41NO7Si. The van der Waals surface area contributed by atoms with E-state index >= 15 is 0 Å². The maximum Gasteiger partial charge on any atom is 0.322 e. The van der Waals surface area contributed by atoms with E-state index in [-0.39, 0.29) is 47.1 Å². The molecule has 6 rings (SSSR count). The Morgan fingerprint density at radius 2 is 1.97 bits per heavy atom. The molecule has 2 spiro atoms. The van der Waals surface area contributed by atoms with Gasteiger partial charge in [-0.05, 0) is 49.5 Å². The summed E-state index contributed by atoms with van der Waals surface area (Å²) in [5.74, 6) is -2.55. The molecule has 5 fully saturated rings. The molecule has 4 saturated heterocycles. The standard InChI is InChI=1S/C29H41NO7Si/c1-17-16-30-20-15-19(17)28-11-12-29(37-28)18(9-10-21(31)36-29)22(28)26(20,5)27(23(30)32,24(33)34-6)13-14-35-38(7,8)25(2,3)4/h11-12,18-20,22H,1,9-10,13-16H2,2-8H3/t18-,19+,20+,22+,26+,27+,28+,29+/m0/s1. The van der Waals surface area contributed by atoms with Crippen LogP contribution < -0.4 is 0 Å². The first kappa shape index (κ1) is 26.3. The van der Waals surface area contributed by atoms with Crippen molar-refractivity contribution >= 4 is 26.2 Å². The van der Waals surface area contributed by atoms with Gasteiger partial charge in [-0.15, -0.1) is 0 Å². The van der Waals surface area contributed by atoms with E-state index in [4.69, 9.17) is 18.6 Å². The van der Waals surface area contributed by atoms with E-state index in [9.17, 15) is 14.4 Å². The van der Waals surface area contributed by atoms with Crippen LogP contribution in [0.1, 0.15) is 53.4 Å². The molecule has 1 amide bonds. The number of fused-ring (bicyclic) bond motifs is 3. The molecule has 6 aliphatic rings. The van der Waals surface area contributed by atoms with Crippen LogP contribution in [-0.4, -0.2) is 68.8 Å². The third kappa shape index (κ3) is 2.81. The molecule has 0 radical (unpaired) electrons. The van der Waals surface area contributed by atoms with Gasteiger partial charge in [0.15, 0.2) is 13.7 Å². The molecule has 5 heterocycles. The summed E-state index contributed by atoms with van der Waals surface area (Å²) in [4.78, 5) is 42.9. The van der Waals surface area contributed by atoms with Gasteiger partial charge in [0, 0.05) is 48.8 Å². The van der Waals surface area contributed by atoms with E-state index in [0.717, 1.165) is 5.57 Å². The normalized spacial score (nSPS) is 44.7. The summed E-state index contributed by atoms with van der Waals surface area (Å²) in [5.41, 5.74) is -2.11.